The third-order valence-electron chi connectivity index (χ3n) is 6.80. The average Bonchev–Trinajstić information content (AvgIpc) is 3.60. The van der Waals surface area contributed by atoms with Crippen LogP contribution in [0.25, 0.3) is 0 Å². The zero-order valence-electron chi connectivity index (χ0n) is 22.4. The number of ether oxygens (including phenoxy) is 3. The third kappa shape index (κ3) is 7.47. The van der Waals surface area contributed by atoms with E-state index in [9.17, 15) is 9.59 Å². The van der Waals surface area contributed by atoms with Gasteiger partial charge in [0.15, 0.2) is 11.5 Å². The molecule has 0 bridgehead atoms. The Morgan fingerprint density at radius 3 is 2.48 bits per heavy atom. The maximum absolute atomic E-state index is 13.8. The fourth-order valence-electron chi connectivity index (χ4n) is 4.59. The van der Waals surface area contributed by atoms with E-state index in [1.54, 1.807) is 34.1 Å². The van der Waals surface area contributed by atoms with Gasteiger partial charge in [-0.25, -0.2) is 4.79 Å². The Balaban J connectivity index is 1.32. The van der Waals surface area contributed by atoms with Crippen LogP contribution in [0, 0.1) is 6.92 Å². The highest BCUT2D eigenvalue weighted by atomic mass is 35.5. The molecule has 0 saturated carbocycles. The van der Waals surface area contributed by atoms with Crippen LogP contribution in [0.15, 0.2) is 59.0 Å². The fraction of sp³-hybridized carbons (Fsp3) is 0.379. The van der Waals surface area contributed by atoms with Gasteiger partial charge in [-0.2, -0.15) is 0 Å². The topological polar surface area (TPSA) is 96.7 Å². The van der Waals surface area contributed by atoms with E-state index < -0.39 is 0 Å². The number of anilines is 1. The second-order valence-corrected chi connectivity index (χ2v) is 10.2. The first kappa shape index (κ1) is 27.8. The van der Waals surface area contributed by atoms with Crippen LogP contribution in [0.5, 0.6) is 11.5 Å². The highest BCUT2D eigenvalue weighted by Gasteiger charge is 2.25. The van der Waals surface area contributed by atoms with Crippen molar-refractivity contribution in [3.05, 3.63) is 76.7 Å². The van der Waals surface area contributed by atoms with Gasteiger partial charge in [0, 0.05) is 43.4 Å². The Hall–Kier alpha value is -3.73. The minimum absolute atomic E-state index is 0.103. The SMILES string of the molecule is Cc1ccc(CN(Cc2ccc3c(c2)OCO3)C(=O)CN(CCN2CCOCC2)C(=O)Nc2ccc(Cl)cc2)o1. The number of nitrogens with one attached hydrogen (secondary N) is 1. The van der Waals surface area contributed by atoms with E-state index in [0.29, 0.717) is 60.8 Å². The molecule has 1 N–H and O–H groups in total. The number of furan rings is 1. The lowest BCUT2D eigenvalue weighted by Gasteiger charge is -2.31. The van der Waals surface area contributed by atoms with E-state index in [1.807, 2.05) is 37.3 Å². The maximum Gasteiger partial charge on any atom is 0.322 e. The molecule has 2 aromatic carbocycles. The summed E-state index contributed by atoms with van der Waals surface area (Å²) in [5.41, 5.74) is 1.48. The zero-order chi connectivity index (χ0) is 27.9. The van der Waals surface area contributed by atoms with E-state index in [2.05, 4.69) is 10.2 Å². The van der Waals surface area contributed by atoms with Crippen molar-refractivity contribution >= 4 is 29.2 Å². The van der Waals surface area contributed by atoms with Crippen molar-refractivity contribution in [2.24, 2.45) is 0 Å². The summed E-state index contributed by atoms with van der Waals surface area (Å²) in [5, 5.41) is 3.47. The molecule has 0 radical (unpaired) electrons. The predicted molar refractivity (Wildman–Crippen MR) is 150 cm³/mol. The molecule has 3 aromatic rings. The lowest BCUT2D eigenvalue weighted by molar-refractivity contribution is -0.133. The van der Waals surface area contributed by atoms with Crippen LogP contribution in [-0.4, -0.2) is 79.4 Å². The molecular weight excluding hydrogens is 536 g/mol. The van der Waals surface area contributed by atoms with Crippen molar-refractivity contribution < 1.29 is 28.2 Å². The summed E-state index contributed by atoms with van der Waals surface area (Å²) in [4.78, 5) is 32.7. The summed E-state index contributed by atoms with van der Waals surface area (Å²) < 4.78 is 22.2. The first-order valence-corrected chi connectivity index (χ1v) is 13.6. The highest BCUT2D eigenvalue weighted by Crippen LogP contribution is 2.33. The van der Waals surface area contributed by atoms with Gasteiger partial charge in [0.2, 0.25) is 12.7 Å². The summed E-state index contributed by atoms with van der Waals surface area (Å²) >= 11 is 6.00. The standard InChI is InChI=1S/C29H33ClN4O6/c1-21-2-8-25(40-21)18-34(17-22-3-9-26-27(16-22)39-20-38-26)28(35)19-33(11-10-32-12-14-37-15-13-32)29(36)31-24-6-4-23(30)5-7-24/h2-9,16H,10-15,17-20H2,1H3,(H,31,36). The van der Waals surface area contributed by atoms with Crippen molar-refractivity contribution in [3.63, 3.8) is 0 Å². The predicted octanol–water partition coefficient (Wildman–Crippen LogP) is 4.37. The molecule has 5 rings (SSSR count). The maximum atomic E-state index is 13.8. The Morgan fingerprint density at radius 1 is 0.950 bits per heavy atom. The number of morpholine rings is 1. The number of amides is 3. The number of benzene rings is 2. The molecule has 2 aliphatic heterocycles. The first-order valence-electron chi connectivity index (χ1n) is 13.3. The molecule has 212 valence electrons. The van der Waals surface area contributed by atoms with E-state index in [0.717, 1.165) is 24.4 Å². The molecule has 3 amide bonds. The van der Waals surface area contributed by atoms with Gasteiger partial charge < -0.3 is 33.7 Å². The molecule has 0 spiro atoms. The molecule has 11 heteroatoms. The van der Waals surface area contributed by atoms with Crippen LogP contribution < -0.4 is 14.8 Å². The minimum atomic E-state index is -0.360. The first-order chi connectivity index (χ1) is 19.4. The van der Waals surface area contributed by atoms with Gasteiger partial charge >= 0.3 is 6.03 Å². The largest absolute Gasteiger partial charge is 0.464 e. The van der Waals surface area contributed by atoms with E-state index in [4.69, 9.17) is 30.2 Å². The van der Waals surface area contributed by atoms with Gasteiger partial charge in [0.05, 0.1) is 19.8 Å². The number of rotatable bonds is 10. The minimum Gasteiger partial charge on any atom is -0.464 e. The summed E-state index contributed by atoms with van der Waals surface area (Å²) in [7, 11) is 0. The van der Waals surface area contributed by atoms with E-state index in [-0.39, 0.29) is 31.8 Å². The summed E-state index contributed by atoms with van der Waals surface area (Å²) in [6, 6.07) is 15.9. The van der Waals surface area contributed by atoms with Crippen LogP contribution >= 0.6 is 11.6 Å². The summed E-state index contributed by atoms with van der Waals surface area (Å²) in [5.74, 6) is 2.54. The fourth-order valence-corrected chi connectivity index (χ4v) is 4.71. The molecular formula is C29H33ClN4O6. The number of urea groups is 1. The van der Waals surface area contributed by atoms with Crippen LogP contribution in [0.1, 0.15) is 17.1 Å². The molecule has 40 heavy (non-hydrogen) atoms. The number of hydrogen-bond donors (Lipinski definition) is 1. The summed E-state index contributed by atoms with van der Waals surface area (Å²) in [6.07, 6.45) is 0. The van der Waals surface area contributed by atoms with Crippen molar-refractivity contribution in [2.75, 3.05) is 58.0 Å². The number of fused-ring (bicyclic) bond motifs is 1. The van der Waals surface area contributed by atoms with Crippen LogP contribution in [0.3, 0.4) is 0 Å². The normalized spacial score (nSPS) is 14.7. The lowest BCUT2D eigenvalue weighted by Crippen LogP contribution is -2.48. The molecule has 1 aromatic heterocycles. The van der Waals surface area contributed by atoms with Crippen LogP contribution in [-0.2, 0) is 22.6 Å². The lowest BCUT2D eigenvalue weighted by atomic mass is 10.2. The van der Waals surface area contributed by atoms with Gasteiger partial charge in [0.25, 0.3) is 0 Å². The van der Waals surface area contributed by atoms with Gasteiger partial charge in [0.1, 0.15) is 18.1 Å². The van der Waals surface area contributed by atoms with Gasteiger partial charge in [-0.3, -0.25) is 9.69 Å². The molecule has 1 fully saturated rings. The quantitative estimate of drug-likeness (QED) is 0.388. The van der Waals surface area contributed by atoms with Crippen LogP contribution in [0.2, 0.25) is 5.02 Å². The van der Waals surface area contributed by atoms with Crippen molar-refractivity contribution in [3.8, 4) is 11.5 Å². The molecule has 2 aliphatic rings. The Bertz CT molecular complexity index is 1310. The van der Waals surface area contributed by atoms with Crippen molar-refractivity contribution in [1.29, 1.82) is 0 Å². The molecule has 3 heterocycles. The second-order valence-electron chi connectivity index (χ2n) is 9.76. The number of hydrogen-bond acceptors (Lipinski definition) is 7. The number of carbonyl (C=O) groups is 2. The van der Waals surface area contributed by atoms with Gasteiger partial charge in [-0.1, -0.05) is 17.7 Å². The molecule has 10 nitrogen and oxygen atoms in total. The highest BCUT2D eigenvalue weighted by molar-refractivity contribution is 6.30. The smallest absolute Gasteiger partial charge is 0.322 e. The molecule has 0 aliphatic carbocycles. The van der Waals surface area contributed by atoms with Crippen LogP contribution in [0.4, 0.5) is 10.5 Å². The summed E-state index contributed by atoms with van der Waals surface area (Å²) in [6.45, 7) is 6.40. The number of nitrogens with zero attached hydrogens (tertiary/aromatic N) is 3. The third-order valence-corrected chi connectivity index (χ3v) is 7.06. The number of aryl methyl sites for hydroxylation is 1. The van der Waals surface area contributed by atoms with E-state index in [1.165, 1.54) is 0 Å². The average molecular weight is 569 g/mol. The van der Waals surface area contributed by atoms with Gasteiger partial charge in [-0.15, -0.1) is 0 Å². The molecule has 0 atom stereocenters. The number of carbonyl (C=O) groups excluding carboxylic acids is 2. The number of halogens is 1. The Labute approximate surface area is 238 Å². The molecule has 0 unspecified atom stereocenters. The second kappa shape index (κ2) is 13.1. The van der Waals surface area contributed by atoms with Crippen molar-refractivity contribution in [2.45, 2.75) is 20.0 Å². The van der Waals surface area contributed by atoms with Gasteiger partial charge in [-0.05, 0) is 61.0 Å². The monoisotopic (exact) mass is 568 g/mol. The van der Waals surface area contributed by atoms with Crippen molar-refractivity contribution in [1.82, 2.24) is 14.7 Å². The molecule has 1 saturated heterocycles. The van der Waals surface area contributed by atoms with E-state index >= 15 is 0 Å². The Kier molecular flexibility index (Phi) is 9.10. The Morgan fingerprint density at radius 2 is 1.73 bits per heavy atom. The zero-order valence-corrected chi connectivity index (χ0v) is 23.2.